The summed E-state index contributed by atoms with van der Waals surface area (Å²) < 4.78 is 12.9. The third kappa shape index (κ3) is 1.80. The van der Waals surface area contributed by atoms with Crippen molar-refractivity contribution >= 4 is 17.3 Å². The van der Waals surface area contributed by atoms with Crippen molar-refractivity contribution in [3.05, 3.63) is 24.0 Å². The average molecular weight is 223 g/mol. The number of anilines is 2. The molecule has 5 heteroatoms. The van der Waals surface area contributed by atoms with Crippen molar-refractivity contribution in [2.45, 2.75) is 13.0 Å². The van der Waals surface area contributed by atoms with Crippen LogP contribution in [0.5, 0.6) is 0 Å². The van der Waals surface area contributed by atoms with Gasteiger partial charge >= 0.3 is 0 Å². The topological polar surface area (TPSA) is 58.4 Å². The van der Waals surface area contributed by atoms with Gasteiger partial charge in [0.2, 0.25) is 5.91 Å². The fourth-order valence-corrected chi connectivity index (χ4v) is 1.90. The molecule has 0 radical (unpaired) electrons. The van der Waals surface area contributed by atoms with Crippen molar-refractivity contribution in [3.8, 4) is 0 Å². The Morgan fingerprint density at radius 1 is 1.56 bits per heavy atom. The number of nitrogen functional groups attached to an aromatic ring is 1. The summed E-state index contributed by atoms with van der Waals surface area (Å²) in [4.78, 5) is 13.4. The highest BCUT2D eigenvalue weighted by atomic mass is 19.1. The van der Waals surface area contributed by atoms with E-state index >= 15 is 0 Å². The molecule has 1 unspecified atom stereocenters. The average Bonchev–Trinajstić information content (AvgIpc) is 2.23. The van der Waals surface area contributed by atoms with Gasteiger partial charge in [0.1, 0.15) is 11.9 Å². The number of rotatable bonds is 1. The molecule has 1 heterocycles. The number of piperazine rings is 1. The zero-order chi connectivity index (χ0) is 11.7. The van der Waals surface area contributed by atoms with E-state index in [0.717, 1.165) is 0 Å². The lowest BCUT2D eigenvalue weighted by Crippen LogP contribution is -2.54. The van der Waals surface area contributed by atoms with Crippen molar-refractivity contribution in [1.29, 1.82) is 0 Å². The molecule has 0 aromatic heterocycles. The summed E-state index contributed by atoms with van der Waals surface area (Å²) in [6, 6.07) is 3.96. The first kappa shape index (κ1) is 10.7. The normalized spacial score (nSPS) is 20.8. The number of nitrogens with two attached hydrogens (primary N) is 1. The molecule has 86 valence electrons. The largest absolute Gasteiger partial charge is 0.397 e. The van der Waals surface area contributed by atoms with Crippen LogP contribution in [-0.2, 0) is 4.79 Å². The molecular formula is C11H14FN3O. The monoisotopic (exact) mass is 223 g/mol. The Morgan fingerprint density at radius 3 is 3.00 bits per heavy atom. The minimum absolute atomic E-state index is 0.0324. The summed E-state index contributed by atoms with van der Waals surface area (Å²) in [5.74, 6) is -0.398. The molecule has 1 fully saturated rings. The van der Waals surface area contributed by atoms with E-state index in [0.29, 0.717) is 24.5 Å². The Balaban J connectivity index is 2.32. The van der Waals surface area contributed by atoms with Crippen molar-refractivity contribution in [1.82, 2.24) is 5.32 Å². The molecule has 1 aliphatic heterocycles. The first-order valence-corrected chi connectivity index (χ1v) is 5.19. The van der Waals surface area contributed by atoms with Gasteiger partial charge in [0.05, 0.1) is 11.4 Å². The van der Waals surface area contributed by atoms with E-state index in [1.54, 1.807) is 13.0 Å². The number of halogens is 1. The SMILES string of the molecule is CC1C(=O)NCCN1c1ccc(F)cc1N. The van der Waals surface area contributed by atoms with Crippen molar-refractivity contribution < 1.29 is 9.18 Å². The fraction of sp³-hybridized carbons (Fsp3) is 0.364. The van der Waals surface area contributed by atoms with Gasteiger partial charge in [0, 0.05) is 13.1 Å². The van der Waals surface area contributed by atoms with Gasteiger partial charge in [-0.2, -0.15) is 0 Å². The molecule has 0 spiro atoms. The fourth-order valence-electron chi connectivity index (χ4n) is 1.90. The van der Waals surface area contributed by atoms with Crippen LogP contribution in [0.25, 0.3) is 0 Å². The summed E-state index contributed by atoms with van der Waals surface area (Å²) in [6.45, 7) is 3.07. The molecule has 1 atom stereocenters. The second kappa shape index (κ2) is 4.00. The molecule has 2 rings (SSSR count). The van der Waals surface area contributed by atoms with Gasteiger partial charge in [-0.15, -0.1) is 0 Å². The lowest BCUT2D eigenvalue weighted by Gasteiger charge is -2.35. The van der Waals surface area contributed by atoms with Crippen LogP contribution in [-0.4, -0.2) is 25.0 Å². The van der Waals surface area contributed by atoms with Gasteiger partial charge in [-0.1, -0.05) is 0 Å². The molecule has 4 nitrogen and oxygen atoms in total. The smallest absolute Gasteiger partial charge is 0.242 e. The third-order valence-electron chi connectivity index (χ3n) is 2.80. The Morgan fingerprint density at radius 2 is 2.31 bits per heavy atom. The predicted molar refractivity (Wildman–Crippen MR) is 60.6 cm³/mol. The van der Waals surface area contributed by atoms with Crippen molar-refractivity contribution in [3.63, 3.8) is 0 Å². The summed E-state index contributed by atoms with van der Waals surface area (Å²) >= 11 is 0. The lowest BCUT2D eigenvalue weighted by atomic mass is 10.1. The third-order valence-corrected chi connectivity index (χ3v) is 2.80. The van der Waals surface area contributed by atoms with Gasteiger partial charge in [0.25, 0.3) is 0 Å². The Bertz CT molecular complexity index is 422. The number of hydrogen-bond donors (Lipinski definition) is 2. The van der Waals surface area contributed by atoms with Crippen LogP contribution in [0.1, 0.15) is 6.92 Å². The number of nitrogens with one attached hydrogen (secondary N) is 1. The van der Waals surface area contributed by atoms with E-state index in [1.165, 1.54) is 12.1 Å². The highest BCUT2D eigenvalue weighted by Gasteiger charge is 2.26. The van der Waals surface area contributed by atoms with E-state index in [9.17, 15) is 9.18 Å². The van der Waals surface area contributed by atoms with Crippen molar-refractivity contribution in [2.24, 2.45) is 0 Å². The summed E-state index contributed by atoms with van der Waals surface area (Å²) in [6.07, 6.45) is 0. The number of nitrogens with zero attached hydrogens (tertiary/aromatic N) is 1. The van der Waals surface area contributed by atoms with Gasteiger partial charge in [-0.05, 0) is 25.1 Å². The molecule has 3 N–H and O–H groups in total. The van der Waals surface area contributed by atoms with E-state index in [2.05, 4.69) is 5.32 Å². The number of benzene rings is 1. The zero-order valence-electron chi connectivity index (χ0n) is 9.03. The van der Waals surface area contributed by atoms with Gasteiger partial charge in [-0.3, -0.25) is 4.79 Å². The first-order valence-electron chi connectivity index (χ1n) is 5.19. The highest BCUT2D eigenvalue weighted by Crippen LogP contribution is 2.26. The van der Waals surface area contributed by atoms with E-state index < -0.39 is 0 Å². The second-order valence-electron chi connectivity index (χ2n) is 3.86. The first-order chi connectivity index (χ1) is 7.59. The quantitative estimate of drug-likeness (QED) is 0.690. The summed E-state index contributed by atoms with van der Waals surface area (Å²) in [5.41, 5.74) is 6.82. The number of carbonyl (C=O) groups is 1. The molecule has 1 amide bonds. The maximum Gasteiger partial charge on any atom is 0.242 e. The molecule has 1 aromatic rings. The molecule has 1 aromatic carbocycles. The predicted octanol–water partition coefficient (Wildman–Crippen LogP) is 0.733. The van der Waals surface area contributed by atoms with Gasteiger partial charge < -0.3 is 16.0 Å². The molecule has 0 bridgehead atoms. The zero-order valence-corrected chi connectivity index (χ0v) is 9.03. The van der Waals surface area contributed by atoms with Crippen LogP contribution in [0, 0.1) is 5.82 Å². The maximum atomic E-state index is 12.9. The van der Waals surface area contributed by atoms with Crippen molar-refractivity contribution in [2.75, 3.05) is 23.7 Å². The van der Waals surface area contributed by atoms with Gasteiger partial charge in [-0.25, -0.2) is 4.39 Å². The molecule has 0 saturated carbocycles. The molecular weight excluding hydrogens is 209 g/mol. The summed E-state index contributed by atoms with van der Waals surface area (Å²) in [7, 11) is 0. The van der Waals surface area contributed by atoms with Gasteiger partial charge in [0.15, 0.2) is 0 Å². The van der Waals surface area contributed by atoms with Crippen LogP contribution < -0.4 is 16.0 Å². The van der Waals surface area contributed by atoms with Crippen LogP contribution in [0.15, 0.2) is 18.2 Å². The second-order valence-corrected chi connectivity index (χ2v) is 3.86. The Labute approximate surface area is 93.2 Å². The Kier molecular flexibility index (Phi) is 2.68. The maximum absolute atomic E-state index is 12.9. The van der Waals surface area contributed by atoms with Crippen LogP contribution in [0.4, 0.5) is 15.8 Å². The minimum atomic E-state index is -0.365. The van der Waals surface area contributed by atoms with E-state index in [-0.39, 0.29) is 17.8 Å². The van der Waals surface area contributed by atoms with E-state index in [4.69, 9.17) is 5.73 Å². The highest BCUT2D eigenvalue weighted by molar-refractivity contribution is 5.87. The van der Waals surface area contributed by atoms with E-state index in [1.807, 2.05) is 4.90 Å². The van der Waals surface area contributed by atoms with Crippen LogP contribution >= 0.6 is 0 Å². The minimum Gasteiger partial charge on any atom is -0.397 e. The summed E-state index contributed by atoms with van der Waals surface area (Å²) in [5, 5.41) is 2.77. The lowest BCUT2D eigenvalue weighted by molar-refractivity contribution is -0.122. The number of amides is 1. The molecule has 16 heavy (non-hydrogen) atoms. The molecule has 0 aliphatic carbocycles. The van der Waals surface area contributed by atoms with Crippen LogP contribution in [0.3, 0.4) is 0 Å². The standard InChI is InChI=1S/C11H14FN3O/c1-7-11(16)14-4-5-15(7)10-3-2-8(12)6-9(10)13/h2-3,6-7H,4-5,13H2,1H3,(H,14,16). The number of hydrogen-bond acceptors (Lipinski definition) is 3. The molecule has 1 saturated heterocycles. The van der Waals surface area contributed by atoms with Crippen LogP contribution in [0.2, 0.25) is 0 Å². The Hall–Kier alpha value is -1.78. The molecule has 1 aliphatic rings. The number of carbonyl (C=O) groups excluding carboxylic acids is 1.